The van der Waals surface area contributed by atoms with Crippen molar-refractivity contribution in [1.82, 2.24) is 15.5 Å². The third-order valence-electron chi connectivity index (χ3n) is 2.02. The van der Waals surface area contributed by atoms with E-state index in [0.29, 0.717) is 18.3 Å². The second kappa shape index (κ2) is 3.32. The zero-order valence-corrected chi connectivity index (χ0v) is 8.54. The van der Waals surface area contributed by atoms with Gasteiger partial charge in [-0.25, -0.2) is 8.42 Å². The van der Waals surface area contributed by atoms with E-state index in [4.69, 9.17) is 4.42 Å². The molecule has 6 nitrogen and oxygen atoms in total. The Kier molecular flexibility index (Phi) is 2.28. The lowest BCUT2D eigenvalue weighted by Crippen LogP contribution is -2.50. The molecule has 0 spiro atoms. The summed E-state index contributed by atoms with van der Waals surface area (Å²) < 4.78 is 26.8. The molecule has 0 aromatic carbocycles. The summed E-state index contributed by atoms with van der Waals surface area (Å²) in [5, 5.41) is 10.5. The van der Waals surface area contributed by atoms with Gasteiger partial charge in [0.1, 0.15) is 0 Å². The topological polar surface area (TPSA) is 85.1 Å². The van der Waals surface area contributed by atoms with Gasteiger partial charge in [-0.15, -0.1) is 10.2 Å². The van der Waals surface area contributed by atoms with Gasteiger partial charge in [0.15, 0.2) is 9.84 Å². The highest BCUT2D eigenvalue weighted by Crippen LogP contribution is 2.10. The van der Waals surface area contributed by atoms with Gasteiger partial charge in [0, 0.05) is 13.0 Å². The summed E-state index contributed by atoms with van der Waals surface area (Å²) in [5.74, 6) is 1.43. The number of rotatable bonds is 3. The van der Waals surface area contributed by atoms with Gasteiger partial charge in [0.2, 0.25) is 11.8 Å². The maximum absolute atomic E-state index is 10.8. The van der Waals surface area contributed by atoms with Crippen LogP contribution in [0.1, 0.15) is 11.8 Å². The van der Waals surface area contributed by atoms with Crippen molar-refractivity contribution in [3.05, 3.63) is 11.8 Å². The van der Waals surface area contributed by atoms with Crippen LogP contribution in [0.3, 0.4) is 0 Å². The molecule has 0 saturated carbocycles. The van der Waals surface area contributed by atoms with Crippen LogP contribution in [0.4, 0.5) is 0 Å². The Morgan fingerprint density at radius 3 is 2.71 bits per heavy atom. The van der Waals surface area contributed by atoms with Crippen LogP contribution < -0.4 is 5.32 Å². The summed E-state index contributed by atoms with van der Waals surface area (Å²) in [6.45, 7) is 2.14. The van der Waals surface area contributed by atoms with E-state index in [2.05, 4.69) is 15.5 Å². The van der Waals surface area contributed by atoms with Crippen LogP contribution in [-0.4, -0.2) is 36.2 Å². The average Bonchev–Trinajstić information content (AvgIpc) is 2.44. The fraction of sp³-hybridized carbons (Fsp3) is 0.714. The maximum Gasteiger partial charge on any atom is 0.230 e. The van der Waals surface area contributed by atoms with Crippen molar-refractivity contribution in [3.8, 4) is 0 Å². The summed E-state index contributed by atoms with van der Waals surface area (Å²) in [6, 6.07) is 0.0345. The molecule has 7 heteroatoms. The molecular weight excluding hydrogens is 206 g/mol. The highest BCUT2D eigenvalue weighted by Gasteiger charge is 2.32. The summed E-state index contributed by atoms with van der Waals surface area (Å²) in [4.78, 5) is 0. The Labute approximate surface area is 81.6 Å². The molecule has 2 heterocycles. The number of nitrogens with one attached hydrogen (secondary N) is 1. The van der Waals surface area contributed by atoms with Crippen molar-refractivity contribution in [3.63, 3.8) is 0 Å². The minimum absolute atomic E-state index is 0.0345. The van der Waals surface area contributed by atoms with Crippen LogP contribution in [0.2, 0.25) is 0 Å². The maximum atomic E-state index is 10.8. The van der Waals surface area contributed by atoms with E-state index in [1.165, 1.54) is 0 Å². The monoisotopic (exact) mass is 217 g/mol. The molecule has 2 rings (SSSR count). The van der Waals surface area contributed by atoms with E-state index >= 15 is 0 Å². The van der Waals surface area contributed by atoms with E-state index in [0.717, 1.165) is 0 Å². The predicted molar refractivity (Wildman–Crippen MR) is 48.3 cm³/mol. The summed E-state index contributed by atoms with van der Waals surface area (Å²) >= 11 is 0. The van der Waals surface area contributed by atoms with Crippen molar-refractivity contribution in [2.24, 2.45) is 0 Å². The molecule has 78 valence electrons. The third-order valence-corrected chi connectivity index (χ3v) is 3.84. The van der Waals surface area contributed by atoms with Gasteiger partial charge < -0.3 is 9.73 Å². The first kappa shape index (κ1) is 9.60. The van der Waals surface area contributed by atoms with Crippen LogP contribution >= 0.6 is 0 Å². The predicted octanol–water partition coefficient (Wildman–Crippen LogP) is -0.735. The summed E-state index contributed by atoms with van der Waals surface area (Å²) in [7, 11) is -2.76. The van der Waals surface area contributed by atoms with Gasteiger partial charge in [-0.1, -0.05) is 0 Å². The second-order valence-corrected chi connectivity index (χ2v) is 5.52. The molecule has 0 atom stereocenters. The highest BCUT2D eigenvalue weighted by molar-refractivity contribution is 7.92. The number of hydrogen-bond acceptors (Lipinski definition) is 6. The third kappa shape index (κ3) is 2.10. The van der Waals surface area contributed by atoms with Crippen molar-refractivity contribution in [2.45, 2.75) is 19.5 Å². The first-order chi connectivity index (χ1) is 6.55. The van der Waals surface area contributed by atoms with Crippen molar-refractivity contribution >= 4 is 9.84 Å². The molecule has 0 bridgehead atoms. The molecule has 1 fully saturated rings. The fourth-order valence-electron chi connectivity index (χ4n) is 1.32. The normalized spacial score (nSPS) is 20.6. The number of aromatic nitrogens is 2. The molecule has 0 amide bonds. The van der Waals surface area contributed by atoms with Gasteiger partial charge in [0.05, 0.1) is 18.1 Å². The van der Waals surface area contributed by atoms with Crippen LogP contribution in [0.25, 0.3) is 0 Å². The summed E-state index contributed by atoms with van der Waals surface area (Å²) in [6.07, 6.45) is 0. The molecule has 14 heavy (non-hydrogen) atoms. The molecule has 0 unspecified atom stereocenters. The van der Waals surface area contributed by atoms with Crippen LogP contribution in [0, 0.1) is 6.92 Å². The van der Waals surface area contributed by atoms with Gasteiger partial charge in [-0.3, -0.25) is 0 Å². The van der Waals surface area contributed by atoms with Gasteiger partial charge in [-0.05, 0) is 0 Å². The lowest BCUT2D eigenvalue weighted by Gasteiger charge is -2.25. The standard InChI is InChI=1S/C7H11N3O3S/c1-5-9-10-7(13-5)2-8-6-3-14(11,12)4-6/h6,8H,2-4H2,1H3. The number of aryl methyl sites for hydroxylation is 1. The molecular formula is C7H11N3O3S. The Hall–Kier alpha value is -0.950. The molecule has 1 aromatic heterocycles. The Bertz CT molecular complexity index is 413. The van der Waals surface area contributed by atoms with Crippen molar-refractivity contribution in [2.75, 3.05) is 11.5 Å². The quantitative estimate of drug-likeness (QED) is 0.718. The molecule has 1 aliphatic rings. The second-order valence-electron chi connectivity index (χ2n) is 3.37. The Morgan fingerprint density at radius 1 is 1.50 bits per heavy atom. The average molecular weight is 217 g/mol. The number of hydrogen-bond donors (Lipinski definition) is 1. The lowest BCUT2D eigenvalue weighted by atomic mass is 10.3. The van der Waals surface area contributed by atoms with E-state index < -0.39 is 9.84 Å². The van der Waals surface area contributed by atoms with Crippen LogP contribution in [-0.2, 0) is 16.4 Å². The van der Waals surface area contributed by atoms with E-state index in [-0.39, 0.29) is 17.5 Å². The fourth-order valence-corrected chi connectivity index (χ4v) is 2.69. The highest BCUT2D eigenvalue weighted by atomic mass is 32.2. The van der Waals surface area contributed by atoms with E-state index in [9.17, 15) is 8.42 Å². The Balaban J connectivity index is 1.79. The van der Waals surface area contributed by atoms with Crippen LogP contribution in [0.15, 0.2) is 4.42 Å². The molecule has 1 aromatic rings. The minimum atomic E-state index is -2.76. The van der Waals surface area contributed by atoms with Gasteiger partial charge >= 0.3 is 0 Å². The van der Waals surface area contributed by atoms with Gasteiger partial charge in [-0.2, -0.15) is 0 Å². The Morgan fingerprint density at radius 2 is 2.21 bits per heavy atom. The number of nitrogens with zero attached hydrogens (tertiary/aromatic N) is 2. The number of sulfone groups is 1. The first-order valence-corrected chi connectivity index (χ1v) is 6.10. The molecule has 1 saturated heterocycles. The zero-order valence-electron chi connectivity index (χ0n) is 7.73. The van der Waals surface area contributed by atoms with E-state index in [1.807, 2.05) is 0 Å². The van der Waals surface area contributed by atoms with Crippen molar-refractivity contribution < 1.29 is 12.8 Å². The lowest BCUT2D eigenvalue weighted by molar-refractivity contribution is 0.425. The van der Waals surface area contributed by atoms with Crippen molar-refractivity contribution in [1.29, 1.82) is 0 Å². The minimum Gasteiger partial charge on any atom is -0.424 e. The van der Waals surface area contributed by atoms with Crippen LogP contribution in [0.5, 0.6) is 0 Å². The SMILES string of the molecule is Cc1nnc(CNC2CS(=O)(=O)C2)o1. The van der Waals surface area contributed by atoms with E-state index in [1.54, 1.807) is 6.92 Å². The van der Waals surface area contributed by atoms with Gasteiger partial charge in [0.25, 0.3) is 0 Å². The molecule has 1 N–H and O–H groups in total. The molecule has 0 radical (unpaired) electrons. The zero-order chi connectivity index (χ0) is 10.2. The largest absolute Gasteiger partial charge is 0.424 e. The smallest absolute Gasteiger partial charge is 0.230 e. The molecule has 1 aliphatic heterocycles. The summed E-state index contributed by atoms with van der Waals surface area (Å²) in [5.41, 5.74) is 0. The molecule has 0 aliphatic carbocycles. The first-order valence-electron chi connectivity index (χ1n) is 4.28.